The smallest absolute Gasteiger partial charge is 0.317 e. The van der Waals surface area contributed by atoms with Gasteiger partial charge >= 0.3 is 17.9 Å². The maximum absolute atomic E-state index is 12.7. The fraction of sp³-hybridized carbons (Fsp3) is 0.500. The van der Waals surface area contributed by atoms with Crippen LogP contribution >= 0.6 is 0 Å². The van der Waals surface area contributed by atoms with Gasteiger partial charge < -0.3 is 20.5 Å². The minimum absolute atomic E-state index is 0.185. The summed E-state index contributed by atoms with van der Waals surface area (Å²) in [5.41, 5.74) is 0.572. The van der Waals surface area contributed by atoms with E-state index in [9.17, 15) is 34.9 Å². The normalized spacial score (nSPS) is 17.9. The van der Waals surface area contributed by atoms with Gasteiger partial charge in [0.1, 0.15) is 0 Å². The van der Waals surface area contributed by atoms with E-state index in [1.165, 1.54) is 6.20 Å². The van der Waals surface area contributed by atoms with Crippen LogP contribution in [0.4, 0.5) is 0 Å². The van der Waals surface area contributed by atoms with Gasteiger partial charge in [-0.25, -0.2) is 0 Å². The number of rotatable bonds is 8. The van der Waals surface area contributed by atoms with Crippen LogP contribution in [0.5, 0.6) is 0 Å². The molecule has 3 N–H and O–H groups in total. The minimum Gasteiger partial charge on any atom is -0.618 e. The highest BCUT2D eigenvalue weighted by Crippen LogP contribution is 2.17. The van der Waals surface area contributed by atoms with E-state index in [0.29, 0.717) is 64.6 Å². The lowest BCUT2D eigenvalue weighted by molar-refractivity contribution is -0.613. The zero-order valence-corrected chi connectivity index (χ0v) is 20.2. The van der Waals surface area contributed by atoms with Crippen molar-refractivity contribution in [3.63, 3.8) is 0 Å². The van der Waals surface area contributed by atoms with E-state index >= 15 is 0 Å². The highest BCUT2D eigenvalue weighted by atomic mass is 16.5. The van der Waals surface area contributed by atoms with Gasteiger partial charge in [0.2, 0.25) is 5.69 Å². The molecule has 3 rings (SSSR count). The van der Waals surface area contributed by atoms with Gasteiger partial charge in [0.25, 0.3) is 0 Å². The molecule has 1 aliphatic heterocycles. The fourth-order valence-electron chi connectivity index (χ4n) is 4.41. The molecular formula is C24H33N5O7. The van der Waals surface area contributed by atoms with Crippen molar-refractivity contribution >= 4 is 28.7 Å². The number of carboxylic acids is 3. The van der Waals surface area contributed by atoms with Crippen LogP contribution < -0.4 is 4.73 Å². The second-order valence-corrected chi connectivity index (χ2v) is 8.96. The molecule has 2 aromatic rings. The van der Waals surface area contributed by atoms with Crippen molar-refractivity contribution in [3.8, 4) is 0 Å². The summed E-state index contributed by atoms with van der Waals surface area (Å²) in [7, 11) is 0. The molecule has 1 aromatic carbocycles. The van der Waals surface area contributed by atoms with Crippen LogP contribution in [0.2, 0.25) is 0 Å². The SMILES string of the molecule is O=C(O)CN1CCN(CC(=O)O)CCN(Cc2c3ccccc3cc[n+]2[O-])CCN(CC(=O)O)CC1. The van der Waals surface area contributed by atoms with Gasteiger partial charge in [-0.1, -0.05) is 18.2 Å². The first-order chi connectivity index (χ1) is 17.2. The summed E-state index contributed by atoms with van der Waals surface area (Å²) in [6.07, 6.45) is 1.47. The zero-order chi connectivity index (χ0) is 26.1. The van der Waals surface area contributed by atoms with Crippen LogP contribution in [-0.2, 0) is 20.9 Å². The second-order valence-electron chi connectivity index (χ2n) is 8.96. The van der Waals surface area contributed by atoms with E-state index in [2.05, 4.69) is 0 Å². The van der Waals surface area contributed by atoms with Crippen molar-refractivity contribution in [1.29, 1.82) is 0 Å². The fourth-order valence-corrected chi connectivity index (χ4v) is 4.41. The van der Waals surface area contributed by atoms with Gasteiger partial charge in [-0.15, -0.1) is 0 Å². The molecule has 0 unspecified atom stereocenters. The average molecular weight is 504 g/mol. The lowest BCUT2D eigenvalue weighted by Crippen LogP contribution is -2.49. The first-order valence-corrected chi connectivity index (χ1v) is 11.9. The molecule has 12 heteroatoms. The van der Waals surface area contributed by atoms with Crippen LogP contribution in [0, 0.1) is 5.21 Å². The lowest BCUT2D eigenvalue weighted by Gasteiger charge is -2.32. The van der Waals surface area contributed by atoms with Crippen LogP contribution in [-0.4, -0.2) is 125 Å². The van der Waals surface area contributed by atoms with Crippen molar-refractivity contribution < 1.29 is 34.4 Å². The number of hydrogen-bond acceptors (Lipinski definition) is 8. The molecule has 1 aliphatic rings. The topological polar surface area (TPSA) is 152 Å². The molecule has 0 atom stereocenters. The first kappa shape index (κ1) is 27.3. The van der Waals surface area contributed by atoms with E-state index in [1.807, 2.05) is 29.2 Å². The van der Waals surface area contributed by atoms with Crippen molar-refractivity contribution in [2.24, 2.45) is 0 Å². The molecule has 0 spiro atoms. The summed E-state index contributed by atoms with van der Waals surface area (Å²) in [6, 6.07) is 9.35. The monoisotopic (exact) mass is 503 g/mol. The third kappa shape index (κ3) is 8.41. The van der Waals surface area contributed by atoms with Gasteiger partial charge in [0, 0.05) is 58.4 Å². The second kappa shape index (κ2) is 13.1. The number of hydrogen-bond donors (Lipinski definition) is 3. The molecule has 1 saturated heterocycles. The molecule has 0 amide bonds. The number of aliphatic carboxylic acids is 3. The van der Waals surface area contributed by atoms with Crippen LogP contribution in [0.15, 0.2) is 36.5 Å². The van der Waals surface area contributed by atoms with Gasteiger partial charge in [-0.2, -0.15) is 4.73 Å². The van der Waals surface area contributed by atoms with E-state index in [0.717, 1.165) is 15.5 Å². The highest BCUT2D eigenvalue weighted by Gasteiger charge is 2.22. The standard InChI is InChI=1S/C24H33N5O7/c30-22(31)16-26-9-7-25(15-21-20-4-2-1-3-19(20)5-6-29(21)36)8-10-27(17-23(32)33)12-14-28(13-11-26)18-24(34)35/h1-6H,7-18H2,(H,30,31)(H,32,33)(H,34,35). The summed E-state index contributed by atoms with van der Waals surface area (Å²) in [5.74, 6) is -2.95. The van der Waals surface area contributed by atoms with Crippen LogP contribution in [0.25, 0.3) is 10.8 Å². The maximum Gasteiger partial charge on any atom is 0.317 e. The predicted octanol–water partition coefficient (Wildman–Crippen LogP) is -0.551. The first-order valence-electron chi connectivity index (χ1n) is 11.9. The Kier molecular flexibility index (Phi) is 9.94. The van der Waals surface area contributed by atoms with E-state index in [4.69, 9.17) is 0 Å². The van der Waals surface area contributed by atoms with Crippen molar-refractivity contribution in [2.75, 3.05) is 72.0 Å². The van der Waals surface area contributed by atoms with Crippen molar-refractivity contribution in [1.82, 2.24) is 19.6 Å². The third-order valence-corrected chi connectivity index (χ3v) is 6.31. The van der Waals surface area contributed by atoms with Gasteiger partial charge in [0.05, 0.1) is 31.6 Å². The summed E-state index contributed by atoms with van der Waals surface area (Å²) < 4.78 is 0.840. The Morgan fingerprint density at radius 1 is 0.694 bits per heavy atom. The molecule has 1 fully saturated rings. The molecule has 0 aliphatic carbocycles. The molecular weight excluding hydrogens is 470 g/mol. The average Bonchev–Trinajstić information content (AvgIpc) is 2.81. The Bertz CT molecular complexity index is 1030. The number of pyridine rings is 1. The largest absolute Gasteiger partial charge is 0.618 e. The number of benzene rings is 1. The predicted molar refractivity (Wildman–Crippen MR) is 130 cm³/mol. The molecule has 36 heavy (non-hydrogen) atoms. The number of aromatic nitrogens is 1. The highest BCUT2D eigenvalue weighted by molar-refractivity contribution is 5.83. The van der Waals surface area contributed by atoms with Crippen molar-refractivity contribution in [3.05, 3.63) is 47.4 Å². The van der Waals surface area contributed by atoms with Gasteiger partial charge in [0.15, 0.2) is 6.20 Å². The maximum atomic E-state index is 12.7. The van der Waals surface area contributed by atoms with Gasteiger partial charge in [-0.05, 0) is 11.5 Å². The Labute approximate surface area is 209 Å². The van der Waals surface area contributed by atoms with E-state index < -0.39 is 17.9 Å². The summed E-state index contributed by atoms with van der Waals surface area (Å²) in [6.45, 7) is 2.82. The Balaban J connectivity index is 1.84. The van der Waals surface area contributed by atoms with Gasteiger partial charge in [-0.3, -0.25) is 34.0 Å². The molecule has 1 aromatic heterocycles. The molecule has 0 saturated carbocycles. The number of fused-ring (bicyclic) bond motifs is 1. The summed E-state index contributed by atoms with van der Waals surface area (Å²) in [4.78, 5) is 41.4. The number of nitrogens with zero attached hydrogens (tertiary/aromatic N) is 5. The summed E-state index contributed by atoms with van der Waals surface area (Å²) >= 11 is 0. The summed E-state index contributed by atoms with van der Waals surface area (Å²) in [5, 5.41) is 42.5. The quantitative estimate of drug-likeness (QED) is 0.314. The van der Waals surface area contributed by atoms with Crippen LogP contribution in [0.3, 0.4) is 0 Å². The lowest BCUT2D eigenvalue weighted by atomic mass is 10.1. The van der Waals surface area contributed by atoms with Crippen molar-refractivity contribution in [2.45, 2.75) is 6.54 Å². The molecule has 196 valence electrons. The molecule has 2 heterocycles. The van der Waals surface area contributed by atoms with E-state index in [1.54, 1.807) is 20.8 Å². The number of carbonyl (C=O) groups is 3. The zero-order valence-electron chi connectivity index (χ0n) is 20.2. The Hall–Kier alpha value is -3.32. The minimum atomic E-state index is -0.996. The third-order valence-electron chi connectivity index (χ3n) is 6.31. The molecule has 0 bridgehead atoms. The number of carboxylic acid groups (broad SMARTS) is 3. The van der Waals surface area contributed by atoms with Crippen LogP contribution in [0.1, 0.15) is 5.69 Å². The molecule has 0 radical (unpaired) electrons. The molecule has 12 nitrogen and oxygen atoms in total. The Morgan fingerprint density at radius 3 is 1.56 bits per heavy atom. The Morgan fingerprint density at radius 2 is 1.11 bits per heavy atom. The van der Waals surface area contributed by atoms with E-state index in [-0.39, 0.29) is 19.6 Å².